The summed E-state index contributed by atoms with van der Waals surface area (Å²) in [5.41, 5.74) is 0.906. The number of halogens is 2. The lowest BCUT2D eigenvalue weighted by molar-refractivity contribution is 0.0953. The van der Waals surface area contributed by atoms with Gasteiger partial charge in [0.15, 0.2) is 0 Å². The van der Waals surface area contributed by atoms with Crippen LogP contribution in [-0.2, 0) is 0 Å². The van der Waals surface area contributed by atoms with Crippen molar-refractivity contribution in [2.24, 2.45) is 0 Å². The summed E-state index contributed by atoms with van der Waals surface area (Å²) >= 11 is 3.11. The summed E-state index contributed by atoms with van der Waals surface area (Å²) in [6, 6.07) is 4.42. The second kappa shape index (κ2) is 5.07. The lowest BCUT2D eigenvalue weighted by atomic mass is 10.1. The van der Waals surface area contributed by atoms with Gasteiger partial charge in [-0.3, -0.25) is 4.79 Å². The standard InChI is InChI=1S/C11H11BrFNO/c1-7-3-4-10(13)9(5-7)11(15)14-6-8(2)12/h3-5H,2,6H2,1H3,(H,14,15). The third kappa shape index (κ3) is 3.47. The Kier molecular flexibility index (Phi) is 4.03. The summed E-state index contributed by atoms with van der Waals surface area (Å²) in [6.45, 7) is 5.66. The molecule has 0 saturated heterocycles. The van der Waals surface area contributed by atoms with E-state index >= 15 is 0 Å². The molecule has 15 heavy (non-hydrogen) atoms. The number of hydrogen-bond acceptors (Lipinski definition) is 1. The van der Waals surface area contributed by atoms with E-state index in [1.54, 1.807) is 13.0 Å². The minimum Gasteiger partial charge on any atom is -0.347 e. The van der Waals surface area contributed by atoms with Crippen molar-refractivity contribution in [2.45, 2.75) is 6.92 Å². The number of carbonyl (C=O) groups excluding carboxylic acids is 1. The van der Waals surface area contributed by atoms with Gasteiger partial charge in [0.2, 0.25) is 0 Å². The number of benzene rings is 1. The van der Waals surface area contributed by atoms with Crippen molar-refractivity contribution in [1.82, 2.24) is 5.32 Å². The Hall–Kier alpha value is -1.16. The van der Waals surface area contributed by atoms with Gasteiger partial charge in [-0.05, 0) is 19.1 Å². The zero-order chi connectivity index (χ0) is 11.4. The summed E-state index contributed by atoms with van der Waals surface area (Å²) in [5, 5.41) is 2.54. The molecule has 0 spiro atoms. The zero-order valence-corrected chi connectivity index (χ0v) is 9.90. The molecule has 0 aromatic heterocycles. The lowest BCUT2D eigenvalue weighted by Gasteiger charge is -2.05. The van der Waals surface area contributed by atoms with Crippen LogP contribution in [0.1, 0.15) is 15.9 Å². The maximum absolute atomic E-state index is 13.2. The second-order valence-corrected chi connectivity index (χ2v) is 4.30. The Bertz CT molecular complexity index is 404. The fraction of sp³-hybridized carbons (Fsp3) is 0.182. The van der Waals surface area contributed by atoms with Crippen molar-refractivity contribution in [3.63, 3.8) is 0 Å². The molecule has 1 N–H and O–H groups in total. The maximum atomic E-state index is 13.2. The first kappa shape index (κ1) is 11.9. The van der Waals surface area contributed by atoms with Crippen molar-refractivity contribution in [3.05, 3.63) is 46.2 Å². The van der Waals surface area contributed by atoms with Crippen LogP contribution in [0.4, 0.5) is 4.39 Å². The molecule has 0 radical (unpaired) electrons. The van der Waals surface area contributed by atoms with E-state index < -0.39 is 11.7 Å². The Balaban J connectivity index is 2.81. The number of carbonyl (C=O) groups is 1. The molecule has 0 atom stereocenters. The average molecular weight is 272 g/mol. The molecule has 2 nitrogen and oxygen atoms in total. The van der Waals surface area contributed by atoms with Gasteiger partial charge in [0.1, 0.15) is 5.82 Å². The molecule has 1 aromatic carbocycles. The zero-order valence-electron chi connectivity index (χ0n) is 8.31. The Labute approximate surface area is 96.3 Å². The fourth-order valence-corrected chi connectivity index (χ4v) is 1.22. The van der Waals surface area contributed by atoms with Gasteiger partial charge in [0, 0.05) is 11.0 Å². The minimum absolute atomic E-state index is 0.0590. The fourth-order valence-electron chi connectivity index (χ4n) is 1.08. The first-order chi connectivity index (χ1) is 7.00. The number of amides is 1. The predicted molar refractivity (Wildman–Crippen MR) is 61.5 cm³/mol. The third-order valence-electron chi connectivity index (χ3n) is 1.81. The quantitative estimate of drug-likeness (QED) is 0.900. The van der Waals surface area contributed by atoms with Crippen molar-refractivity contribution in [2.75, 3.05) is 6.54 Å². The molecule has 0 bridgehead atoms. The van der Waals surface area contributed by atoms with Crippen LogP contribution in [0.3, 0.4) is 0 Å². The van der Waals surface area contributed by atoms with Gasteiger partial charge in [0.05, 0.1) is 5.56 Å². The van der Waals surface area contributed by atoms with Crippen molar-refractivity contribution >= 4 is 21.8 Å². The molecule has 4 heteroatoms. The summed E-state index contributed by atoms with van der Waals surface area (Å²) < 4.78 is 13.9. The number of nitrogens with one attached hydrogen (secondary N) is 1. The molecule has 0 heterocycles. The predicted octanol–water partition coefficient (Wildman–Crippen LogP) is 2.77. The van der Waals surface area contributed by atoms with Crippen LogP contribution in [-0.4, -0.2) is 12.5 Å². The molecule has 1 amide bonds. The molecule has 1 rings (SSSR count). The summed E-state index contributed by atoms with van der Waals surface area (Å²) in [6.07, 6.45) is 0. The SMILES string of the molecule is C=C(Br)CNC(=O)c1cc(C)ccc1F. The smallest absolute Gasteiger partial charge is 0.254 e. The second-order valence-electron chi connectivity index (χ2n) is 3.18. The third-order valence-corrected chi connectivity index (χ3v) is 2.09. The molecule has 0 saturated carbocycles. The van der Waals surface area contributed by atoms with Crippen LogP contribution in [0, 0.1) is 12.7 Å². The van der Waals surface area contributed by atoms with E-state index in [1.807, 2.05) is 0 Å². The Morgan fingerprint density at radius 2 is 2.27 bits per heavy atom. The van der Waals surface area contributed by atoms with E-state index in [0.717, 1.165) is 5.56 Å². The van der Waals surface area contributed by atoms with E-state index in [0.29, 0.717) is 4.48 Å². The normalized spacial score (nSPS) is 9.80. The molecule has 0 fully saturated rings. The van der Waals surface area contributed by atoms with E-state index in [9.17, 15) is 9.18 Å². The van der Waals surface area contributed by atoms with Gasteiger partial charge in [0.25, 0.3) is 5.91 Å². The van der Waals surface area contributed by atoms with Crippen LogP contribution in [0.25, 0.3) is 0 Å². The average Bonchev–Trinajstić information content (AvgIpc) is 2.18. The highest BCUT2D eigenvalue weighted by molar-refractivity contribution is 9.11. The van der Waals surface area contributed by atoms with Crippen LogP contribution in [0.2, 0.25) is 0 Å². The van der Waals surface area contributed by atoms with Crippen LogP contribution >= 0.6 is 15.9 Å². The first-order valence-electron chi connectivity index (χ1n) is 4.38. The lowest BCUT2D eigenvalue weighted by Crippen LogP contribution is -2.25. The molecular formula is C11H11BrFNO. The first-order valence-corrected chi connectivity index (χ1v) is 5.17. The van der Waals surface area contributed by atoms with Gasteiger partial charge in [-0.25, -0.2) is 4.39 Å². The highest BCUT2D eigenvalue weighted by atomic mass is 79.9. The molecular weight excluding hydrogens is 261 g/mol. The number of rotatable bonds is 3. The highest BCUT2D eigenvalue weighted by Gasteiger charge is 2.10. The molecule has 1 aromatic rings. The van der Waals surface area contributed by atoms with Gasteiger partial charge in [-0.1, -0.05) is 34.1 Å². The molecule has 0 aliphatic heterocycles. The van der Waals surface area contributed by atoms with Crippen LogP contribution < -0.4 is 5.32 Å². The van der Waals surface area contributed by atoms with Gasteiger partial charge in [-0.15, -0.1) is 0 Å². The van der Waals surface area contributed by atoms with Gasteiger partial charge < -0.3 is 5.32 Å². The molecule has 0 aliphatic carbocycles. The van der Waals surface area contributed by atoms with Crippen molar-refractivity contribution < 1.29 is 9.18 Å². The van der Waals surface area contributed by atoms with E-state index in [1.165, 1.54) is 12.1 Å². The Morgan fingerprint density at radius 3 is 2.87 bits per heavy atom. The number of aryl methyl sites for hydroxylation is 1. The largest absolute Gasteiger partial charge is 0.347 e. The van der Waals surface area contributed by atoms with Gasteiger partial charge >= 0.3 is 0 Å². The Morgan fingerprint density at radius 1 is 1.60 bits per heavy atom. The molecule has 0 aliphatic rings. The summed E-state index contributed by atoms with van der Waals surface area (Å²) in [7, 11) is 0. The topological polar surface area (TPSA) is 29.1 Å². The summed E-state index contributed by atoms with van der Waals surface area (Å²) in [5.74, 6) is -0.949. The highest BCUT2D eigenvalue weighted by Crippen LogP contribution is 2.10. The van der Waals surface area contributed by atoms with Gasteiger partial charge in [-0.2, -0.15) is 0 Å². The number of hydrogen-bond donors (Lipinski definition) is 1. The van der Waals surface area contributed by atoms with Crippen LogP contribution in [0.5, 0.6) is 0 Å². The van der Waals surface area contributed by atoms with Crippen molar-refractivity contribution in [1.29, 1.82) is 0 Å². The monoisotopic (exact) mass is 271 g/mol. The maximum Gasteiger partial charge on any atom is 0.254 e. The van der Waals surface area contributed by atoms with E-state index in [4.69, 9.17) is 0 Å². The van der Waals surface area contributed by atoms with E-state index in [2.05, 4.69) is 27.8 Å². The van der Waals surface area contributed by atoms with E-state index in [-0.39, 0.29) is 12.1 Å². The van der Waals surface area contributed by atoms with Crippen LogP contribution in [0.15, 0.2) is 29.3 Å². The molecule has 0 unspecified atom stereocenters. The van der Waals surface area contributed by atoms with Crippen molar-refractivity contribution in [3.8, 4) is 0 Å². The molecule has 80 valence electrons. The summed E-state index contributed by atoms with van der Waals surface area (Å²) in [4.78, 5) is 11.5. The minimum atomic E-state index is -0.515.